The van der Waals surface area contributed by atoms with Gasteiger partial charge >= 0.3 is 5.69 Å². The molecule has 2 aliphatic rings. The smallest absolute Gasteiger partial charge is 0.344 e. The van der Waals surface area contributed by atoms with Crippen molar-refractivity contribution in [1.29, 1.82) is 0 Å². The summed E-state index contributed by atoms with van der Waals surface area (Å²) in [5.74, 6) is -1.26. The second kappa shape index (κ2) is 25.7. The molecule has 2 aromatic heterocycles. The molecule has 1 unspecified atom stereocenters. The number of carbonyl (C=O) groups is 4. The van der Waals surface area contributed by atoms with Crippen LogP contribution in [0.1, 0.15) is 71.9 Å². The zero-order valence-electron chi connectivity index (χ0n) is 42.1. The van der Waals surface area contributed by atoms with Crippen molar-refractivity contribution in [1.82, 2.24) is 35.5 Å². The van der Waals surface area contributed by atoms with Crippen LogP contribution in [0.2, 0.25) is 5.02 Å². The van der Waals surface area contributed by atoms with Gasteiger partial charge in [-0.2, -0.15) is 0 Å². The Balaban J connectivity index is 0.780. The fraction of sp³-hybridized carbons (Fsp3) is 0.462. The first-order valence-electron chi connectivity index (χ1n) is 24.4. The van der Waals surface area contributed by atoms with Gasteiger partial charge in [-0.25, -0.2) is 4.98 Å². The van der Waals surface area contributed by atoms with Crippen molar-refractivity contribution in [2.24, 2.45) is 5.41 Å². The number of hydrogen-bond donors (Lipinski definition) is 3. The number of ether oxygens (including phenoxy) is 4. The Morgan fingerprint density at radius 1 is 0.892 bits per heavy atom. The van der Waals surface area contributed by atoms with Crippen LogP contribution in [0.4, 0.5) is 5.69 Å². The third-order valence-corrected chi connectivity index (χ3v) is 14.0. The highest BCUT2D eigenvalue weighted by molar-refractivity contribution is 7.13. The van der Waals surface area contributed by atoms with Crippen LogP contribution < -0.4 is 15.4 Å². The quantitative estimate of drug-likeness (QED) is 0.0400. The number of piperazine rings is 1. The summed E-state index contributed by atoms with van der Waals surface area (Å²) in [7, 11) is 0. The van der Waals surface area contributed by atoms with Crippen molar-refractivity contribution in [3.05, 3.63) is 127 Å². The Kier molecular flexibility index (Phi) is 19.3. The van der Waals surface area contributed by atoms with Gasteiger partial charge < -0.3 is 49.0 Å². The lowest BCUT2D eigenvalue weighted by Gasteiger charge is -2.39. The van der Waals surface area contributed by atoms with Gasteiger partial charge in [0.1, 0.15) is 31.0 Å². The number of nitro groups is 1. The fourth-order valence-electron chi connectivity index (χ4n) is 8.87. The van der Waals surface area contributed by atoms with Crippen LogP contribution in [0.3, 0.4) is 0 Å². The number of aliphatic hydroxyl groups excluding tert-OH is 1. The third kappa shape index (κ3) is 14.5. The maximum atomic E-state index is 14.0. The maximum absolute atomic E-state index is 14.0. The molecular weight excluding hydrogens is 996 g/mol. The molecule has 0 saturated carbocycles. The lowest BCUT2D eigenvalue weighted by molar-refractivity contribution is -0.386. The van der Waals surface area contributed by atoms with Gasteiger partial charge in [0.2, 0.25) is 29.2 Å². The number of halogens is 1. The van der Waals surface area contributed by atoms with Crippen LogP contribution in [0, 0.1) is 29.4 Å². The molecular formula is C52H63ClN8O12S. The zero-order chi connectivity index (χ0) is 52.9. The van der Waals surface area contributed by atoms with Gasteiger partial charge in [0.05, 0.1) is 66.2 Å². The van der Waals surface area contributed by atoms with Crippen molar-refractivity contribution >= 4 is 52.3 Å². The number of rotatable bonds is 23. The van der Waals surface area contributed by atoms with Crippen LogP contribution in [-0.2, 0) is 35.1 Å². The van der Waals surface area contributed by atoms with E-state index in [1.807, 2.05) is 100 Å². The highest BCUT2D eigenvalue weighted by atomic mass is 35.5. The van der Waals surface area contributed by atoms with E-state index < -0.39 is 51.9 Å². The second-order valence-electron chi connectivity index (χ2n) is 19.1. The Morgan fingerprint density at radius 3 is 2.12 bits per heavy atom. The molecule has 2 saturated heterocycles. The van der Waals surface area contributed by atoms with Crippen LogP contribution in [0.5, 0.6) is 5.75 Å². The highest BCUT2D eigenvalue weighted by Crippen LogP contribution is 2.33. The third-order valence-electron chi connectivity index (χ3n) is 12.7. The molecule has 22 heteroatoms. The number of likely N-dealkylation sites (tertiary alicyclic amines) is 1. The number of benzene rings is 3. The van der Waals surface area contributed by atoms with Crippen molar-refractivity contribution in [3.63, 3.8) is 0 Å². The SMILES string of the molecule is Cc1ncsc1-c1ccc(CNC(=O)[C@@H]2C[C@@H](O)CN2C(=O)[C@@H](NC(=O)COCCOCCOCCOc2ccc(C(c3ccc(Cl)cc3)N3CCN(C(=O)c4noc(C)c4[N+](=O)[O-])CC3)cc2)C(C)(C)C)cc1. The summed E-state index contributed by atoms with van der Waals surface area (Å²) in [6.07, 6.45) is -0.806. The maximum Gasteiger partial charge on any atom is 0.344 e. The van der Waals surface area contributed by atoms with Gasteiger partial charge in [0, 0.05) is 57.6 Å². The van der Waals surface area contributed by atoms with E-state index >= 15 is 0 Å². The first-order valence-corrected chi connectivity index (χ1v) is 25.6. The van der Waals surface area contributed by atoms with Gasteiger partial charge in [-0.1, -0.05) is 86.1 Å². The van der Waals surface area contributed by atoms with Crippen molar-refractivity contribution in [2.75, 3.05) is 79.0 Å². The van der Waals surface area contributed by atoms with Gasteiger partial charge in [0.15, 0.2) is 0 Å². The molecule has 4 atom stereocenters. The molecule has 396 valence electrons. The molecule has 2 fully saturated rings. The fourth-order valence-corrected chi connectivity index (χ4v) is 9.80. The Hall–Kier alpha value is -6.33. The molecule has 0 radical (unpaired) electrons. The summed E-state index contributed by atoms with van der Waals surface area (Å²) < 4.78 is 27.7. The lowest BCUT2D eigenvalue weighted by Crippen LogP contribution is -2.58. The molecule has 5 aromatic rings. The normalized spacial score (nSPS) is 17.0. The number of β-amino-alcohol motifs (C(OH)–C–C–N with tert-alkyl or cyclic N) is 1. The van der Waals surface area contributed by atoms with E-state index in [0.717, 1.165) is 32.8 Å². The molecule has 2 aliphatic heterocycles. The number of nitrogens with one attached hydrogen (secondary N) is 2. The molecule has 0 spiro atoms. The Bertz CT molecular complexity index is 2690. The minimum absolute atomic E-state index is 0.0192. The lowest BCUT2D eigenvalue weighted by atomic mass is 9.85. The van der Waals surface area contributed by atoms with Crippen LogP contribution in [0.15, 0.2) is 82.8 Å². The van der Waals surface area contributed by atoms with E-state index in [2.05, 4.69) is 25.7 Å². The highest BCUT2D eigenvalue weighted by Gasteiger charge is 2.44. The van der Waals surface area contributed by atoms with E-state index in [1.54, 1.807) is 21.7 Å². The second-order valence-corrected chi connectivity index (χ2v) is 20.4. The van der Waals surface area contributed by atoms with Crippen molar-refractivity contribution in [3.8, 4) is 16.2 Å². The summed E-state index contributed by atoms with van der Waals surface area (Å²) in [4.78, 5) is 75.1. The van der Waals surface area contributed by atoms with Crippen molar-refractivity contribution < 1.29 is 52.7 Å². The number of hydrogen-bond acceptors (Lipinski definition) is 16. The summed E-state index contributed by atoms with van der Waals surface area (Å²) in [6, 6.07) is 21.1. The minimum Gasteiger partial charge on any atom is -0.491 e. The first kappa shape index (κ1) is 55.4. The monoisotopic (exact) mass is 1060 g/mol. The molecule has 4 heterocycles. The topological polar surface area (TPSA) is 241 Å². The molecule has 0 bridgehead atoms. The summed E-state index contributed by atoms with van der Waals surface area (Å²) in [6.45, 7) is 11.9. The van der Waals surface area contributed by atoms with Crippen LogP contribution in [-0.4, -0.2) is 156 Å². The molecule has 0 aliphatic carbocycles. The molecule has 3 N–H and O–H groups in total. The van der Waals surface area contributed by atoms with Crippen LogP contribution >= 0.6 is 22.9 Å². The number of nitrogens with zero attached hydrogens (tertiary/aromatic N) is 6. The molecule has 4 amide bonds. The molecule has 3 aromatic carbocycles. The molecule has 74 heavy (non-hydrogen) atoms. The minimum atomic E-state index is -0.987. The first-order chi connectivity index (χ1) is 35.5. The Labute approximate surface area is 438 Å². The van der Waals surface area contributed by atoms with Gasteiger partial charge in [-0.3, -0.25) is 34.2 Å². The average Bonchev–Trinajstić information content (AvgIpc) is 4.12. The number of thiazole rings is 1. The van der Waals surface area contributed by atoms with E-state index in [4.69, 9.17) is 35.1 Å². The van der Waals surface area contributed by atoms with E-state index in [0.29, 0.717) is 56.8 Å². The Morgan fingerprint density at radius 2 is 1.51 bits per heavy atom. The largest absolute Gasteiger partial charge is 0.491 e. The zero-order valence-corrected chi connectivity index (χ0v) is 43.7. The molecule has 20 nitrogen and oxygen atoms in total. The van der Waals surface area contributed by atoms with Crippen LogP contribution in [0.25, 0.3) is 10.4 Å². The standard InChI is InChI=1S/C52H63ClN8O12S/c1-33-47(74-32-55-33)38-8-6-35(7-9-38)29-54-49(64)42-28-40(62)30-60(42)51(66)48(52(3,4)5)56-43(63)31-71-25-24-69-22-23-70-26-27-72-41-16-12-37(13-17-41)46(36-10-14-39(53)15-11-36)58-18-20-59(21-19-58)50(65)44-45(61(67)68)34(2)73-57-44/h6-17,32,40,42,46,48,62H,18-31H2,1-5H3,(H,54,64)(H,56,63)/t40-,42+,46?,48-/m1/s1. The molecule has 7 rings (SSSR count). The van der Waals surface area contributed by atoms with Gasteiger partial charge in [-0.15, -0.1) is 11.3 Å². The van der Waals surface area contributed by atoms with Gasteiger partial charge in [0.25, 0.3) is 5.91 Å². The van der Waals surface area contributed by atoms with E-state index in [-0.39, 0.29) is 69.3 Å². The van der Waals surface area contributed by atoms with Crippen molar-refractivity contribution in [2.45, 2.75) is 71.8 Å². The average molecular weight is 1060 g/mol. The summed E-state index contributed by atoms with van der Waals surface area (Å²) in [5, 5.41) is 32.1. The predicted molar refractivity (Wildman–Crippen MR) is 275 cm³/mol. The number of aromatic nitrogens is 2. The predicted octanol–water partition coefficient (Wildman–Crippen LogP) is 5.76. The summed E-state index contributed by atoms with van der Waals surface area (Å²) in [5.41, 5.74) is 5.25. The van der Waals surface area contributed by atoms with Gasteiger partial charge in [-0.05, 0) is 58.9 Å². The summed E-state index contributed by atoms with van der Waals surface area (Å²) >= 11 is 7.80. The number of carbonyl (C=O) groups excluding carboxylic acids is 4. The number of amides is 4. The van der Waals surface area contributed by atoms with E-state index in [9.17, 15) is 34.4 Å². The number of aryl methyl sites for hydroxylation is 2. The number of aliphatic hydroxyl groups is 1. The van der Waals surface area contributed by atoms with E-state index in [1.165, 1.54) is 11.8 Å².